The van der Waals surface area contributed by atoms with Crippen molar-refractivity contribution < 1.29 is 18.4 Å². The molecule has 4 nitrogen and oxygen atoms in total. The van der Waals surface area contributed by atoms with Crippen LogP contribution in [0.2, 0.25) is 0 Å². The van der Waals surface area contributed by atoms with Crippen molar-refractivity contribution in [2.75, 3.05) is 12.3 Å². The maximum Gasteiger partial charge on any atom is 0.242 e. The zero-order valence-corrected chi connectivity index (χ0v) is 13.7. The van der Waals surface area contributed by atoms with Crippen LogP contribution in [0.15, 0.2) is 18.2 Å². The van der Waals surface area contributed by atoms with E-state index in [0.29, 0.717) is 18.5 Å². The number of hydrogen-bond donors (Lipinski definition) is 2. The Balaban J connectivity index is 1.84. The van der Waals surface area contributed by atoms with Crippen molar-refractivity contribution in [3.63, 3.8) is 0 Å². The summed E-state index contributed by atoms with van der Waals surface area (Å²) in [5.41, 5.74) is 0.358. The van der Waals surface area contributed by atoms with Gasteiger partial charge in [0.1, 0.15) is 17.7 Å². The minimum absolute atomic E-state index is 0.113. The Morgan fingerprint density at radius 3 is 2.96 bits per heavy atom. The third-order valence-corrected chi connectivity index (χ3v) is 4.92. The molecule has 2 N–H and O–H groups in total. The number of benzene rings is 1. The van der Waals surface area contributed by atoms with E-state index >= 15 is 0 Å². The van der Waals surface area contributed by atoms with Crippen LogP contribution in [0.25, 0.3) is 0 Å². The Hall–Kier alpha value is -1.63. The number of rotatable bonds is 5. The molecule has 1 saturated heterocycles. The first-order valence-electron chi connectivity index (χ1n) is 7.61. The van der Waals surface area contributed by atoms with Gasteiger partial charge in [0.15, 0.2) is 0 Å². The van der Waals surface area contributed by atoms with Gasteiger partial charge in [0, 0.05) is 23.4 Å². The Bertz CT molecular complexity index is 583. The third-order valence-electron chi connectivity index (χ3n) is 3.74. The van der Waals surface area contributed by atoms with Crippen molar-refractivity contribution in [1.29, 1.82) is 0 Å². The second-order valence-corrected chi connectivity index (χ2v) is 6.86. The van der Waals surface area contributed by atoms with Crippen molar-refractivity contribution >= 4 is 23.6 Å². The van der Waals surface area contributed by atoms with Gasteiger partial charge in [0.05, 0.1) is 5.75 Å². The Kier molecular flexibility index (Phi) is 6.38. The third kappa shape index (κ3) is 5.20. The van der Waals surface area contributed by atoms with Crippen molar-refractivity contribution in [3.05, 3.63) is 35.4 Å². The van der Waals surface area contributed by atoms with E-state index in [0.717, 1.165) is 18.9 Å². The summed E-state index contributed by atoms with van der Waals surface area (Å²) in [4.78, 5) is 23.7. The van der Waals surface area contributed by atoms with Crippen LogP contribution in [0, 0.1) is 11.6 Å². The predicted octanol–water partition coefficient (Wildman–Crippen LogP) is 2.54. The molecule has 0 spiro atoms. The molecular formula is C16H20F2N2O2S. The van der Waals surface area contributed by atoms with Gasteiger partial charge >= 0.3 is 0 Å². The minimum Gasteiger partial charge on any atom is -0.354 e. The van der Waals surface area contributed by atoms with Gasteiger partial charge in [-0.25, -0.2) is 8.78 Å². The lowest BCUT2D eigenvalue weighted by Crippen LogP contribution is -2.46. The summed E-state index contributed by atoms with van der Waals surface area (Å²) in [6, 6.07) is 2.93. The maximum atomic E-state index is 13.7. The molecule has 1 aromatic carbocycles. The molecule has 7 heteroatoms. The molecule has 2 rings (SSSR count). The molecule has 0 aliphatic carbocycles. The topological polar surface area (TPSA) is 58.2 Å². The van der Waals surface area contributed by atoms with E-state index < -0.39 is 17.7 Å². The fourth-order valence-corrected chi connectivity index (χ4v) is 3.29. The summed E-state index contributed by atoms with van der Waals surface area (Å²) >= 11 is 1.25. The molecule has 1 aliphatic heterocycles. The van der Waals surface area contributed by atoms with Gasteiger partial charge < -0.3 is 10.6 Å². The van der Waals surface area contributed by atoms with Gasteiger partial charge in [0.25, 0.3) is 0 Å². The van der Waals surface area contributed by atoms with E-state index in [2.05, 4.69) is 10.6 Å². The molecule has 1 heterocycles. The molecule has 2 amide bonds. The van der Waals surface area contributed by atoms with Crippen LogP contribution in [0.4, 0.5) is 8.78 Å². The van der Waals surface area contributed by atoms with Crippen molar-refractivity contribution in [2.24, 2.45) is 0 Å². The van der Waals surface area contributed by atoms with E-state index in [1.807, 2.05) is 0 Å². The highest BCUT2D eigenvalue weighted by Crippen LogP contribution is 2.30. The largest absolute Gasteiger partial charge is 0.354 e. The lowest BCUT2D eigenvalue weighted by atomic mass is 10.1. The molecule has 0 saturated carbocycles. The Morgan fingerprint density at radius 2 is 2.22 bits per heavy atom. The summed E-state index contributed by atoms with van der Waals surface area (Å²) in [7, 11) is 0. The van der Waals surface area contributed by atoms with Gasteiger partial charge in [-0.15, -0.1) is 11.8 Å². The Morgan fingerprint density at radius 1 is 1.43 bits per heavy atom. The molecule has 1 fully saturated rings. The number of amides is 2. The molecule has 23 heavy (non-hydrogen) atoms. The standard InChI is InChI=1S/C16H20F2N2O2S/c1-10(12-6-5-11(17)8-13(12)18)23-9-15(21)20-14-4-2-3-7-19-16(14)22/h5-6,8,10,14H,2-4,7,9H2,1H3,(H,19,22)(H,20,21)/t10-,14-/m0/s1. The molecule has 1 aromatic rings. The molecule has 1 aliphatic rings. The summed E-state index contributed by atoms with van der Waals surface area (Å²) in [5.74, 6) is -1.54. The molecule has 2 atom stereocenters. The lowest BCUT2D eigenvalue weighted by Gasteiger charge is -2.16. The second kappa shape index (κ2) is 8.29. The zero-order chi connectivity index (χ0) is 16.8. The summed E-state index contributed by atoms with van der Waals surface area (Å²) in [6.07, 6.45) is 2.42. The van der Waals surface area contributed by atoms with Crippen molar-refractivity contribution in [1.82, 2.24) is 10.6 Å². The minimum atomic E-state index is -0.624. The summed E-state index contributed by atoms with van der Waals surface area (Å²) < 4.78 is 26.6. The monoisotopic (exact) mass is 342 g/mol. The van der Waals surface area contributed by atoms with E-state index in [-0.39, 0.29) is 22.8 Å². The van der Waals surface area contributed by atoms with Crippen LogP contribution >= 0.6 is 11.8 Å². The van der Waals surface area contributed by atoms with E-state index in [9.17, 15) is 18.4 Å². The molecule has 0 bridgehead atoms. The molecule has 0 unspecified atom stereocenters. The lowest BCUT2D eigenvalue weighted by molar-refractivity contribution is -0.127. The summed E-state index contributed by atoms with van der Waals surface area (Å²) in [6.45, 7) is 2.40. The van der Waals surface area contributed by atoms with E-state index in [1.165, 1.54) is 23.9 Å². The highest BCUT2D eigenvalue weighted by Gasteiger charge is 2.22. The van der Waals surface area contributed by atoms with Crippen LogP contribution in [0.3, 0.4) is 0 Å². The second-order valence-electron chi connectivity index (χ2n) is 5.53. The fraction of sp³-hybridized carbons (Fsp3) is 0.500. The zero-order valence-electron chi connectivity index (χ0n) is 12.9. The quantitative estimate of drug-likeness (QED) is 0.865. The van der Waals surface area contributed by atoms with Gasteiger partial charge in [-0.1, -0.05) is 6.07 Å². The number of halogens is 2. The number of hydrogen-bond acceptors (Lipinski definition) is 3. The van der Waals surface area contributed by atoms with Gasteiger partial charge in [0.2, 0.25) is 11.8 Å². The van der Waals surface area contributed by atoms with Crippen LogP contribution in [-0.2, 0) is 9.59 Å². The summed E-state index contributed by atoms with van der Waals surface area (Å²) in [5, 5.41) is 5.18. The fourth-order valence-electron chi connectivity index (χ4n) is 2.43. The van der Waals surface area contributed by atoms with Crippen LogP contribution in [-0.4, -0.2) is 30.2 Å². The van der Waals surface area contributed by atoms with Crippen LogP contribution in [0.1, 0.15) is 37.0 Å². The number of nitrogens with one attached hydrogen (secondary N) is 2. The highest BCUT2D eigenvalue weighted by atomic mass is 32.2. The number of carbonyl (C=O) groups is 2. The first-order valence-corrected chi connectivity index (χ1v) is 8.66. The average Bonchev–Trinajstić information content (AvgIpc) is 2.70. The normalized spacial score (nSPS) is 19.6. The van der Waals surface area contributed by atoms with Crippen molar-refractivity contribution in [3.8, 4) is 0 Å². The van der Waals surface area contributed by atoms with E-state index in [1.54, 1.807) is 6.92 Å². The number of carbonyl (C=O) groups excluding carboxylic acids is 2. The SMILES string of the molecule is C[C@H](SCC(=O)N[C@H]1CCCCNC1=O)c1ccc(F)cc1F. The van der Waals surface area contributed by atoms with E-state index in [4.69, 9.17) is 0 Å². The van der Waals surface area contributed by atoms with Crippen molar-refractivity contribution in [2.45, 2.75) is 37.5 Å². The van der Waals surface area contributed by atoms with Crippen LogP contribution < -0.4 is 10.6 Å². The van der Waals surface area contributed by atoms with Gasteiger partial charge in [-0.05, 0) is 32.3 Å². The molecular weight excluding hydrogens is 322 g/mol. The Labute approximate surface area is 138 Å². The number of thioether (sulfide) groups is 1. The predicted molar refractivity (Wildman–Crippen MR) is 86.0 cm³/mol. The first kappa shape index (κ1) is 17.7. The highest BCUT2D eigenvalue weighted by molar-refractivity contribution is 8.00. The molecule has 0 aromatic heterocycles. The average molecular weight is 342 g/mol. The molecule has 0 radical (unpaired) electrons. The first-order chi connectivity index (χ1) is 11.0. The van der Waals surface area contributed by atoms with Gasteiger partial charge in [-0.3, -0.25) is 9.59 Å². The maximum absolute atomic E-state index is 13.7. The van der Waals surface area contributed by atoms with Crippen LogP contribution in [0.5, 0.6) is 0 Å². The smallest absolute Gasteiger partial charge is 0.242 e. The van der Waals surface area contributed by atoms with Gasteiger partial charge in [-0.2, -0.15) is 0 Å². The molecule has 126 valence electrons.